The van der Waals surface area contributed by atoms with Crippen LogP contribution in [0.3, 0.4) is 0 Å². The van der Waals surface area contributed by atoms with Gasteiger partial charge in [-0.15, -0.1) is 5.10 Å². The minimum Gasteiger partial charge on any atom is -0.340 e. The summed E-state index contributed by atoms with van der Waals surface area (Å²) in [5.41, 5.74) is 7.65. The Bertz CT molecular complexity index is 577. The van der Waals surface area contributed by atoms with Gasteiger partial charge in [0.1, 0.15) is 5.69 Å². The normalized spacial score (nSPS) is 16.9. The van der Waals surface area contributed by atoms with Gasteiger partial charge in [0.05, 0.1) is 5.69 Å². The lowest BCUT2D eigenvalue weighted by Crippen LogP contribution is -2.36. The highest BCUT2D eigenvalue weighted by atomic mass is 15.4. The van der Waals surface area contributed by atoms with Gasteiger partial charge in [0.2, 0.25) is 5.95 Å². The van der Waals surface area contributed by atoms with Crippen LogP contribution >= 0.6 is 0 Å². The molecule has 3 heterocycles. The Kier molecular flexibility index (Phi) is 3.43. The first-order chi connectivity index (χ1) is 9.67. The molecular weight excluding hydrogens is 254 g/mol. The average Bonchev–Trinajstić information content (AvgIpc) is 3.05. The van der Waals surface area contributed by atoms with Crippen molar-refractivity contribution in [1.82, 2.24) is 25.0 Å². The lowest BCUT2D eigenvalue weighted by molar-refractivity contribution is 0.411. The minimum atomic E-state index is 0.643. The highest BCUT2D eigenvalue weighted by molar-refractivity contribution is 5.52. The highest BCUT2D eigenvalue weighted by Gasteiger charge is 2.21. The van der Waals surface area contributed by atoms with Crippen LogP contribution in [-0.2, 0) is 7.05 Å². The van der Waals surface area contributed by atoms with Crippen molar-refractivity contribution in [1.29, 1.82) is 0 Å². The van der Waals surface area contributed by atoms with E-state index in [1.165, 1.54) is 0 Å². The van der Waals surface area contributed by atoms with Crippen LogP contribution in [0.2, 0.25) is 0 Å². The lowest BCUT2D eigenvalue weighted by atomic mass is 9.97. The third-order valence-corrected chi connectivity index (χ3v) is 3.95. The summed E-state index contributed by atoms with van der Waals surface area (Å²) in [5, 5.41) is 11.7. The van der Waals surface area contributed by atoms with Crippen LogP contribution < -0.4 is 10.6 Å². The molecule has 3 N–H and O–H groups in total. The van der Waals surface area contributed by atoms with E-state index in [9.17, 15) is 0 Å². The number of H-pyrrole nitrogens is 1. The number of nitrogens with two attached hydrogens (primary N) is 1. The molecule has 0 radical (unpaired) electrons. The number of hydrogen-bond acceptors (Lipinski definition) is 5. The van der Waals surface area contributed by atoms with Gasteiger partial charge < -0.3 is 10.6 Å². The molecule has 0 aliphatic carbocycles. The van der Waals surface area contributed by atoms with Gasteiger partial charge in [-0.05, 0) is 38.3 Å². The van der Waals surface area contributed by atoms with Gasteiger partial charge in [0, 0.05) is 20.1 Å². The van der Waals surface area contributed by atoms with E-state index in [-0.39, 0.29) is 0 Å². The quantitative estimate of drug-likeness (QED) is 0.860. The SMILES string of the molecule is Cc1cc(-c2nc(N3CCC(CN)CC3)n[nH]2)n(C)n1. The number of aryl methyl sites for hydroxylation is 2. The maximum Gasteiger partial charge on any atom is 0.245 e. The minimum absolute atomic E-state index is 0.643. The standard InChI is InChI=1S/C13H21N7/c1-9-7-11(19(2)18-9)12-15-13(17-16-12)20-5-3-10(8-14)4-6-20/h7,10H,3-6,8,14H2,1-2H3,(H,15,16,17). The number of anilines is 1. The number of nitrogens with one attached hydrogen (secondary N) is 1. The van der Waals surface area contributed by atoms with E-state index in [0.29, 0.717) is 5.92 Å². The summed E-state index contributed by atoms with van der Waals surface area (Å²) in [6.45, 7) is 4.70. The van der Waals surface area contributed by atoms with Gasteiger partial charge in [-0.2, -0.15) is 10.1 Å². The van der Waals surface area contributed by atoms with Crippen molar-refractivity contribution in [2.45, 2.75) is 19.8 Å². The summed E-state index contributed by atoms with van der Waals surface area (Å²) >= 11 is 0. The van der Waals surface area contributed by atoms with E-state index in [2.05, 4.69) is 25.2 Å². The van der Waals surface area contributed by atoms with Crippen LogP contribution in [0, 0.1) is 12.8 Å². The van der Waals surface area contributed by atoms with Gasteiger partial charge in [0.25, 0.3) is 0 Å². The molecule has 2 aromatic heterocycles. The number of aromatic nitrogens is 5. The van der Waals surface area contributed by atoms with Crippen molar-refractivity contribution >= 4 is 5.95 Å². The van der Waals surface area contributed by atoms with Crippen molar-refractivity contribution in [2.75, 3.05) is 24.5 Å². The Labute approximate surface area is 118 Å². The molecule has 1 aliphatic heterocycles. The predicted molar refractivity (Wildman–Crippen MR) is 77.3 cm³/mol. The van der Waals surface area contributed by atoms with Gasteiger partial charge in [0.15, 0.2) is 5.82 Å². The summed E-state index contributed by atoms with van der Waals surface area (Å²) in [7, 11) is 1.91. The Morgan fingerprint density at radius 1 is 1.40 bits per heavy atom. The fourth-order valence-electron chi connectivity index (χ4n) is 2.71. The Morgan fingerprint density at radius 2 is 2.15 bits per heavy atom. The van der Waals surface area contributed by atoms with Crippen molar-refractivity contribution in [3.8, 4) is 11.5 Å². The topological polar surface area (TPSA) is 88.7 Å². The first-order valence-electron chi connectivity index (χ1n) is 7.06. The zero-order valence-electron chi connectivity index (χ0n) is 12.0. The molecule has 0 saturated carbocycles. The van der Waals surface area contributed by atoms with E-state index in [4.69, 9.17) is 5.73 Å². The maximum absolute atomic E-state index is 5.72. The van der Waals surface area contributed by atoms with Gasteiger partial charge in [-0.1, -0.05) is 0 Å². The smallest absolute Gasteiger partial charge is 0.245 e. The van der Waals surface area contributed by atoms with Crippen molar-refractivity contribution in [3.63, 3.8) is 0 Å². The second-order valence-corrected chi connectivity index (χ2v) is 5.44. The Morgan fingerprint density at radius 3 is 2.75 bits per heavy atom. The number of rotatable bonds is 3. The van der Waals surface area contributed by atoms with Crippen LogP contribution in [-0.4, -0.2) is 44.6 Å². The molecule has 0 unspecified atom stereocenters. The average molecular weight is 275 g/mol. The Hall–Kier alpha value is -1.89. The molecule has 0 bridgehead atoms. The molecule has 2 aromatic rings. The Balaban J connectivity index is 1.76. The van der Waals surface area contributed by atoms with Crippen LogP contribution in [0.4, 0.5) is 5.95 Å². The fraction of sp³-hybridized carbons (Fsp3) is 0.615. The molecule has 7 nitrogen and oxygen atoms in total. The third-order valence-electron chi connectivity index (χ3n) is 3.95. The summed E-state index contributed by atoms with van der Waals surface area (Å²) in [6.07, 6.45) is 2.23. The first kappa shape index (κ1) is 13.1. The second kappa shape index (κ2) is 5.24. The number of hydrogen-bond donors (Lipinski definition) is 2. The second-order valence-electron chi connectivity index (χ2n) is 5.44. The van der Waals surface area contributed by atoms with E-state index < -0.39 is 0 Å². The first-order valence-corrected chi connectivity index (χ1v) is 7.06. The summed E-state index contributed by atoms with van der Waals surface area (Å²) < 4.78 is 1.82. The molecule has 20 heavy (non-hydrogen) atoms. The number of aromatic amines is 1. The third kappa shape index (κ3) is 2.40. The van der Waals surface area contributed by atoms with Crippen molar-refractivity contribution in [2.24, 2.45) is 18.7 Å². The van der Waals surface area contributed by atoms with Crippen LogP contribution in [0.5, 0.6) is 0 Å². The molecule has 0 spiro atoms. The van der Waals surface area contributed by atoms with E-state index >= 15 is 0 Å². The van der Waals surface area contributed by atoms with Crippen molar-refractivity contribution < 1.29 is 0 Å². The van der Waals surface area contributed by atoms with E-state index in [1.807, 2.05) is 24.7 Å². The molecule has 108 valence electrons. The fourth-order valence-corrected chi connectivity index (χ4v) is 2.71. The lowest BCUT2D eigenvalue weighted by Gasteiger charge is -2.30. The molecule has 1 fully saturated rings. The van der Waals surface area contributed by atoms with Gasteiger partial charge in [-0.3, -0.25) is 9.78 Å². The summed E-state index contributed by atoms with van der Waals surface area (Å²) in [4.78, 5) is 6.81. The van der Waals surface area contributed by atoms with E-state index in [1.54, 1.807) is 0 Å². The van der Waals surface area contributed by atoms with E-state index in [0.717, 1.165) is 55.6 Å². The number of nitrogens with zero attached hydrogens (tertiary/aromatic N) is 5. The molecule has 3 rings (SSSR count). The molecule has 0 aromatic carbocycles. The molecule has 0 atom stereocenters. The monoisotopic (exact) mass is 275 g/mol. The predicted octanol–water partition coefficient (Wildman–Crippen LogP) is 0.689. The largest absolute Gasteiger partial charge is 0.340 e. The highest BCUT2D eigenvalue weighted by Crippen LogP contribution is 2.22. The molecule has 1 aliphatic rings. The van der Waals surface area contributed by atoms with Crippen LogP contribution in [0.25, 0.3) is 11.5 Å². The zero-order chi connectivity index (χ0) is 14.1. The zero-order valence-corrected chi connectivity index (χ0v) is 12.0. The van der Waals surface area contributed by atoms with Crippen LogP contribution in [0.15, 0.2) is 6.07 Å². The molecule has 0 amide bonds. The number of piperidine rings is 1. The molecule has 1 saturated heterocycles. The summed E-state index contributed by atoms with van der Waals surface area (Å²) in [5.74, 6) is 2.18. The van der Waals surface area contributed by atoms with Gasteiger partial charge >= 0.3 is 0 Å². The maximum atomic E-state index is 5.72. The summed E-state index contributed by atoms with van der Waals surface area (Å²) in [6, 6.07) is 2.00. The van der Waals surface area contributed by atoms with Gasteiger partial charge in [-0.25, -0.2) is 0 Å². The molecule has 7 heteroatoms. The molecular formula is C13H21N7. The van der Waals surface area contributed by atoms with Crippen LogP contribution in [0.1, 0.15) is 18.5 Å². The van der Waals surface area contributed by atoms with Crippen molar-refractivity contribution in [3.05, 3.63) is 11.8 Å².